The number of halogens is 4. The van der Waals surface area contributed by atoms with Gasteiger partial charge in [-0.25, -0.2) is 14.6 Å². The van der Waals surface area contributed by atoms with Crippen molar-refractivity contribution >= 4 is 46.3 Å². The lowest BCUT2D eigenvalue weighted by Gasteiger charge is -2.42. The lowest BCUT2D eigenvalue weighted by atomic mass is 9.78. The number of hydrazine groups is 1. The summed E-state index contributed by atoms with van der Waals surface area (Å²) >= 11 is 0. The molecule has 0 unspecified atom stereocenters. The largest absolute Gasteiger partial charge is 0.464 e. The highest BCUT2D eigenvalue weighted by molar-refractivity contribution is 5.96. The first-order chi connectivity index (χ1) is 38.9. The number of anilines is 1. The molecule has 5 aliphatic heterocycles. The van der Waals surface area contributed by atoms with Crippen LogP contribution in [0.5, 0.6) is 0 Å². The van der Waals surface area contributed by atoms with Crippen LogP contribution in [-0.4, -0.2) is 175 Å². The second-order valence-electron chi connectivity index (χ2n) is 24.5. The summed E-state index contributed by atoms with van der Waals surface area (Å²) in [6, 6.07) is 8.57. The number of pyridine rings is 1. The topological polar surface area (TPSA) is 165 Å². The number of cyclic esters (lactones) is 1. The Balaban J connectivity index is 1.12. The molecule has 0 saturated carbocycles. The molecule has 5 amide bonds. The van der Waals surface area contributed by atoms with Gasteiger partial charge in [-0.3, -0.25) is 29.2 Å². The van der Waals surface area contributed by atoms with Gasteiger partial charge in [-0.1, -0.05) is 52.5 Å². The van der Waals surface area contributed by atoms with Gasteiger partial charge >= 0.3 is 18.2 Å². The fourth-order valence-electron chi connectivity index (χ4n) is 12.9. The number of alkyl halides is 4. The fourth-order valence-corrected chi connectivity index (χ4v) is 12.9. The lowest BCUT2D eigenvalue weighted by Crippen LogP contribution is -2.62. The zero-order valence-corrected chi connectivity index (χ0v) is 48.7. The van der Waals surface area contributed by atoms with Crippen molar-refractivity contribution in [1.29, 1.82) is 0 Å². The summed E-state index contributed by atoms with van der Waals surface area (Å²) < 4.78 is 74.0. The molecular weight excluding hydrogens is 1060 g/mol. The van der Waals surface area contributed by atoms with Gasteiger partial charge in [0.05, 0.1) is 36.0 Å². The van der Waals surface area contributed by atoms with Crippen LogP contribution < -0.4 is 15.6 Å². The smallest absolute Gasteiger partial charge is 0.406 e. The van der Waals surface area contributed by atoms with Crippen molar-refractivity contribution in [3.8, 4) is 22.4 Å². The summed E-state index contributed by atoms with van der Waals surface area (Å²) in [7, 11) is 5.15. The predicted molar refractivity (Wildman–Crippen MR) is 305 cm³/mol. The maximum absolute atomic E-state index is 15.2. The number of aromatic nitrogens is 2. The van der Waals surface area contributed by atoms with Gasteiger partial charge in [-0.15, -0.1) is 0 Å². The van der Waals surface area contributed by atoms with Crippen molar-refractivity contribution in [2.75, 3.05) is 91.6 Å². The number of likely N-dealkylation sites (N-methyl/N-ethyl adjacent to an activating group) is 2. The van der Waals surface area contributed by atoms with E-state index in [1.165, 1.54) is 27.7 Å². The molecule has 0 radical (unpaired) electrons. The van der Waals surface area contributed by atoms with Gasteiger partial charge in [-0.2, -0.15) is 13.2 Å². The maximum Gasteiger partial charge on any atom is 0.406 e. The van der Waals surface area contributed by atoms with E-state index >= 15 is 22.4 Å². The molecule has 0 aliphatic carbocycles. The number of benzene rings is 2. The summed E-state index contributed by atoms with van der Waals surface area (Å²) in [6.07, 6.45) is 0.743. The number of rotatable bonds is 11. The molecule has 21 heteroatoms. The number of methoxy groups -OCH3 is 1. The van der Waals surface area contributed by atoms with Crippen LogP contribution in [0.4, 0.5) is 28.0 Å². The van der Waals surface area contributed by atoms with Crippen LogP contribution >= 0.6 is 0 Å². The number of fused-ring (bicyclic) bond motifs is 6. The molecule has 6 bridgehead atoms. The molecule has 4 aromatic rings. The maximum atomic E-state index is 15.2. The van der Waals surface area contributed by atoms with Crippen molar-refractivity contribution in [2.24, 2.45) is 16.7 Å². The Hall–Kier alpha value is -6.58. The van der Waals surface area contributed by atoms with E-state index in [0.29, 0.717) is 115 Å². The quantitative estimate of drug-likeness (QED) is 0.0848. The Kier molecular flexibility index (Phi) is 17.8. The molecule has 4 atom stereocenters. The molecule has 444 valence electrons. The Morgan fingerprint density at radius 3 is 2.33 bits per heavy atom. The minimum atomic E-state index is -4.66. The van der Waals surface area contributed by atoms with Crippen molar-refractivity contribution in [1.82, 2.24) is 44.9 Å². The van der Waals surface area contributed by atoms with Gasteiger partial charge in [0.15, 0.2) is 0 Å². The van der Waals surface area contributed by atoms with Gasteiger partial charge in [0.1, 0.15) is 31.3 Å². The third-order valence-corrected chi connectivity index (χ3v) is 17.5. The second kappa shape index (κ2) is 24.3. The third-order valence-electron chi connectivity index (χ3n) is 17.5. The van der Waals surface area contributed by atoms with Crippen molar-refractivity contribution in [3.05, 3.63) is 83.7 Å². The molecule has 2 aromatic carbocycles. The third kappa shape index (κ3) is 13.0. The molecular formula is C61H80F4N10O7. The van der Waals surface area contributed by atoms with Crippen LogP contribution in [0.1, 0.15) is 95.2 Å². The number of nitrogens with one attached hydrogen (secondary N) is 2. The summed E-state index contributed by atoms with van der Waals surface area (Å²) in [5.74, 6) is -2.30. The predicted octanol–water partition coefficient (Wildman–Crippen LogP) is 8.09. The molecule has 82 heavy (non-hydrogen) atoms. The standard InChI is InChI=1S/C61H80F4N10O7/c1-10-51(76)73-21-17-60(35-73)15-19-72(20-16-60)58(80)70(8)53(38(2)3)55(77)67-49-29-40-26-41(33-62)28-43(27-40)42-13-14-50-45(30-42)47(32-59(5,6)37-82-57(79)48-12-11-18-75(68-48)56(49)78)54(74(50)36-61(63,64)65)46-31-44(34-66-52(46)39(4)81-9)71-24-22-69(7)23-25-71/h10,13-14,26-28,30-31,34,38-39,48-49,53,68H,1,11-12,15-25,29,32-33,35-37H2,2-9H3,(H,67,77)/t39-,48-,49-,53-/m0/s1. The van der Waals surface area contributed by atoms with Gasteiger partial charge in [0, 0.05) is 101 Å². The number of piperazine rings is 1. The number of amides is 5. The zero-order chi connectivity index (χ0) is 59.0. The SMILES string of the molecule is C=CC(=O)N1CCC2(CCN(C(=O)N(C)[C@H](C(=O)N[C@H]3Cc4cc(CF)cc(c4)-c4ccc5c(c4)c(c(-c4cc(N6CCN(C)CC6)cnc4[C@H](C)OC)n5CC(F)(F)F)CC(C)(C)COC(=O)[C@@H]4CCCN(N4)C3=O)C(C)C)CC2)C1. The first kappa shape index (κ1) is 60.0. The lowest BCUT2D eigenvalue weighted by molar-refractivity contribution is -0.155. The van der Waals surface area contributed by atoms with Crippen molar-refractivity contribution in [3.63, 3.8) is 0 Å². The van der Waals surface area contributed by atoms with E-state index in [1.807, 2.05) is 46.9 Å². The van der Waals surface area contributed by atoms with Gasteiger partial charge < -0.3 is 43.9 Å². The Labute approximate surface area is 478 Å². The van der Waals surface area contributed by atoms with Crippen LogP contribution in [0, 0.1) is 16.7 Å². The number of carbonyl (C=O) groups excluding carboxylic acids is 5. The minimum Gasteiger partial charge on any atom is -0.464 e. The number of piperidine rings is 1. The molecule has 9 rings (SSSR count). The van der Waals surface area contributed by atoms with E-state index < -0.39 is 72.7 Å². The molecule has 4 fully saturated rings. The highest BCUT2D eigenvalue weighted by Crippen LogP contribution is 2.45. The molecule has 7 heterocycles. The Morgan fingerprint density at radius 1 is 0.963 bits per heavy atom. The van der Waals surface area contributed by atoms with Crippen LogP contribution in [0.2, 0.25) is 0 Å². The van der Waals surface area contributed by atoms with E-state index in [4.69, 9.17) is 14.5 Å². The first-order valence-corrected chi connectivity index (χ1v) is 28.8. The molecule has 2 N–H and O–H groups in total. The van der Waals surface area contributed by atoms with Crippen LogP contribution in [-0.2, 0) is 54.7 Å². The number of nitrogens with zero attached hydrogens (tertiary/aromatic N) is 8. The average molecular weight is 1140 g/mol. The minimum absolute atomic E-state index is 0.106. The van der Waals surface area contributed by atoms with E-state index in [9.17, 15) is 19.2 Å². The number of hydrogen-bond acceptors (Lipinski definition) is 11. The number of hydrogen-bond donors (Lipinski definition) is 2. The molecule has 2 aromatic heterocycles. The van der Waals surface area contributed by atoms with E-state index in [0.717, 1.165) is 25.2 Å². The summed E-state index contributed by atoms with van der Waals surface area (Å²) in [6.45, 7) is 15.7. The molecule has 17 nitrogen and oxygen atoms in total. The van der Waals surface area contributed by atoms with Crippen LogP contribution in [0.15, 0.2) is 61.3 Å². The van der Waals surface area contributed by atoms with Crippen LogP contribution in [0.25, 0.3) is 33.3 Å². The molecule has 5 aliphatic rings. The molecule has 4 saturated heterocycles. The average Bonchev–Trinajstić information content (AvgIpc) is 2.77. The fraction of sp³-hybridized carbons (Fsp3) is 0.574. The highest BCUT2D eigenvalue weighted by Gasteiger charge is 2.45. The molecule has 1 spiro atoms. The number of carbonyl (C=O) groups is 5. The van der Waals surface area contributed by atoms with Crippen molar-refractivity contribution in [2.45, 2.75) is 123 Å². The second-order valence-corrected chi connectivity index (χ2v) is 24.5. The monoisotopic (exact) mass is 1140 g/mol. The van der Waals surface area contributed by atoms with E-state index in [1.54, 1.807) is 60.3 Å². The summed E-state index contributed by atoms with van der Waals surface area (Å²) in [5, 5.41) is 4.82. The van der Waals surface area contributed by atoms with E-state index in [-0.39, 0.29) is 48.9 Å². The Morgan fingerprint density at radius 2 is 1.67 bits per heavy atom. The van der Waals surface area contributed by atoms with E-state index in [2.05, 4.69) is 27.1 Å². The first-order valence-electron chi connectivity index (χ1n) is 28.8. The highest BCUT2D eigenvalue weighted by atomic mass is 19.4. The zero-order valence-electron chi connectivity index (χ0n) is 48.7. The van der Waals surface area contributed by atoms with Crippen LogP contribution in [0.3, 0.4) is 0 Å². The summed E-state index contributed by atoms with van der Waals surface area (Å²) in [5.41, 5.74) is 6.78. The number of likely N-dealkylation sites (tertiary alicyclic amines) is 2. The Bertz CT molecular complexity index is 3060. The summed E-state index contributed by atoms with van der Waals surface area (Å²) in [4.78, 5) is 85.1. The van der Waals surface area contributed by atoms with Gasteiger partial charge in [-0.05, 0) is 122 Å². The number of esters is 1. The van der Waals surface area contributed by atoms with Gasteiger partial charge in [0.2, 0.25) is 11.8 Å². The number of ether oxygens (including phenoxy) is 2. The number of urea groups is 1. The van der Waals surface area contributed by atoms with Gasteiger partial charge in [0.25, 0.3) is 5.91 Å². The van der Waals surface area contributed by atoms with Crippen molar-refractivity contribution < 1.29 is 51.0 Å². The normalized spacial score (nSPS) is 21.6.